The summed E-state index contributed by atoms with van der Waals surface area (Å²) in [6.07, 6.45) is -3.28. The molecule has 0 spiro atoms. The Morgan fingerprint density at radius 1 is 1.30 bits per heavy atom. The molecule has 1 atom stereocenters. The predicted octanol–water partition coefficient (Wildman–Crippen LogP) is 2.47. The Balaban J connectivity index is 1.51. The number of aromatic nitrogens is 2. The molecule has 2 aliphatic heterocycles. The van der Waals surface area contributed by atoms with E-state index in [1.54, 1.807) is 0 Å². The number of aliphatic hydroxyl groups is 1. The quantitative estimate of drug-likeness (QED) is 0.853. The van der Waals surface area contributed by atoms with Gasteiger partial charge in [-0.05, 0) is 31.7 Å². The molecule has 2 aliphatic rings. The molecule has 1 aromatic heterocycles. The van der Waals surface area contributed by atoms with Crippen LogP contribution in [-0.4, -0.2) is 71.1 Å². The molecule has 10 heteroatoms. The number of carbonyl (C=O) groups is 1. The fraction of sp³-hybridized carbons (Fsp3) is 0.765. The van der Waals surface area contributed by atoms with Gasteiger partial charge in [0.2, 0.25) is 6.10 Å². The van der Waals surface area contributed by atoms with Crippen LogP contribution < -0.4 is 0 Å². The molecule has 152 valence electrons. The largest absolute Gasteiger partial charge is 0.434 e. The minimum Gasteiger partial charge on any atom is -0.434 e. The van der Waals surface area contributed by atoms with Crippen molar-refractivity contribution >= 4 is 6.09 Å². The first-order valence-electron chi connectivity index (χ1n) is 9.14. The van der Waals surface area contributed by atoms with Crippen LogP contribution in [0.2, 0.25) is 0 Å². The molecule has 0 aromatic carbocycles. The summed E-state index contributed by atoms with van der Waals surface area (Å²) < 4.78 is 49.6. The third-order valence-electron chi connectivity index (χ3n) is 5.14. The van der Waals surface area contributed by atoms with Crippen LogP contribution in [0.1, 0.15) is 43.3 Å². The van der Waals surface area contributed by atoms with Crippen molar-refractivity contribution in [3.63, 3.8) is 0 Å². The molecule has 0 aliphatic carbocycles. The van der Waals surface area contributed by atoms with Gasteiger partial charge in [-0.1, -0.05) is 0 Å². The van der Waals surface area contributed by atoms with Crippen LogP contribution >= 0.6 is 0 Å². The van der Waals surface area contributed by atoms with E-state index in [0.29, 0.717) is 32.0 Å². The number of alkyl halides is 3. The Hall–Kier alpha value is -1.81. The van der Waals surface area contributed by atoms with Crippen LogP contribution in [0.4, 0.5) is 18.0 Å². The molecule has 3 rings (SSSR count). The lowest BCUT2D eigenvalue weighted by molar-refractivity contribution is -0.214. The number of hydrogen-bond donors (Lipinski definition) is 1. The number of ether oxygens (including phenoxy) is 2. The van der Waals surface area contributed by atoms with E-state index in [-0.39, 0.29) is 5.92 Å². The number of nitrogens with zero attached hydrogens (tertiary/aromatic N) is 3. The zero-order chi connectivity index (χ0) is 19.4. The topological polar surface area (TPSA) is 76.8 Å². The zero-order valence-corrected chi connectivity index (χ0v) is 14.9. The van der Waals surface area contributed by atoms with E-state index in [0.717, 1.165) is 31.7 Å². The fourth-order valence-corrected chi connectivity index (χ4v) is 3.49. The van der Waals surface area contributed by atoms with Crippen molar-refractivity contribution in [2.75, 3.05) is 32.9 Å². The lowest BCUT2D eigenvalue weighted by Crippen LogP contribution is -2.44. The molecule has 1 amide bonds. The second kappa shape index (κ2) is 8.47. The standard InChI is InChI=1S/C17H24F3N3O4/c18-17(19,20)15(11-24)27-16(25)22-6-1-12(2-7-22)14-3-8-23(21-14)13-4-9-26-10-5-13/h3,8,12-13,15,24H,1-2,4-7,9-11H2. The third kappa shape index (κ3) is 4.92. The number of hydrogen-bond acceptors (Lipinski definition) is 5. The van der Waals surface area contributed by atoms with Crippen LogP contribution in [0.15, 0.2) is 12.3 Å². The SMILES string of the molecule is O=C(OC(CO)C(F)(F)F)N1CCC(c2ccn(C3CCOCC3)n2)CC1. The highest BCUT2D eigenvalue weighted by Gasteiger charge is 2.43. The number of aliphatic hydroxyl groups excluding tert-OH is 1. The molecule has 0 bridgehead atoms. The molecule has 1 unspecified atom stereocenters. The first-order valence-corrected chi connectivity index (χ1v) is 9.14. The van der Waals surface area contributed by atoms with Crippen molar-refractivity contribution in [2.45, 2.75) is 49.9 Å². The number of likely N-dealkylation sites (tertiary alicyclic amines) is 1. The molecule has 1 aromatic rings. The van der Waals surface area contributed by atoms with E-state index in [1.165, 1.54) is 4.90 Å². The summed E-state index contributed by atoms with van der Waals surface area (Å²) in [4.78, 5) is 13.2. The first kappa shape index (κ1) is 19.9. The summed E-state index contributed by atoms with van der Waals surface area (Å²) in [5.74, 6) is 0.159. The van der Waals surface area contributed by atoms with Gasteiger partial charge in [-0.15, -0.1) is 0 Å². The van der Waals surface area contributed by atoms with Crippen molar-refractivity contribution in [1.29, 1.82) is 0 Å². The zero-order valence-electron chi connectivity index (χ0n) is 14.9. The highest BCUT2D eigenvalue weighted by atomic mass is 19.4. The summed E-state index contributed by atoms with van der Waals surface area (Å²) >= 11 is 0. The smallest absolute Gasteiger partial charge is 0.427 e. The van der Waals surface area contributed by atoms with Crippen molar-refractivity contribution in [2.24, 2.45) is 0 Å². The van der Waals surface area contributed by atoms with Gasteiger partial charge in [-0.2, -0.15) is 18.3 Å². The Kier molecular flexibility index (Phi) is 6.25. The second-order valence-corrected chi connectivity index (χ2v) is 6.92. The molecule has 3 heterocycles. The van der Waals surface area contributed by atoms with Crippen molar-refractivity contribution in [1.82, 2.24) is 14.7 Å². The number of rotatable bonds is 4. The van der Waals surface area contributed by atoms with Crippen LogP contribution in [0.5, 0.6) is 0 Å². The van der Waals surface area contributed by atoms with Crippen LogP contribution in [0.3, 0.4) is 0 Å². The number of piperidine rings is 1. The van der Waals surface area contributed by atoms with E-state index in [4.69, 9.17) is 9.84 Å². The lowest BCUT2D eigenvalue weighted by Gasteiger charge is -2.32. The van der Waals surface area contributed by atoms with Crippen LogP contribution in [0.25, 0.3) is 0 Å². The maximum atomic E-state index is 12.6. The van der Waals surface area contributed by atoms with E-state index in [9.17, 15) is 18.0 Å². The molecular weight excluding hydrogens is 367 g/mol. The van der Waals surface area contributed by atoms with Gasteiger partial charge in [-0.25, -0.2) is 4.79 Å². The summed E-state index contributed by atoms with van der Waals surface area (Å²) in [5.41, 5.74) is 0.943. The summed E-state index contributed by atoms with van der Waals surface area (Å²) in [5, 5.41) is 13.4. The fourth-order valence-electron chi connectivity index (χ4n) is 3.49. The van der Waals surface area contributed by atoms with E-state index < -0.39 is 25.0 Å². The number of halogens is 3. The molecule has 2 saturated heterocycles. The van der Waals surface area contributed by atoms with Gasteiger partial charge in [0.15, 0.2) is 0 Å². The van der Waals surface area contributed by atoms with Gasteiger partial charge in [0.25, 0.3) is 0 Å². The van der Waals surface area contributed by atoms with E-state index in [1.807, 2.05) is 16.9 Å². The van der Waals surface area contributed by atoms with Crippen LogP contribution in [0, 0.1) is 0 Å². The molecule has 0 radical (unpaired) electrons. The Morgan fingerprint density at radius 3 is 2.56 bits per heavy atom. The highest BCUT2D eigenvalue weighted by Crippen LogP contribution is 2.30. The molecule has 0 saturated carbocycles. The van der Waals surface area contributed by atoms with Gasteiger partial charge < -0.3 is 19.5 Å². The Labute approximate surface area is 155 Å². The maximum Gasteiger partial charge on any atom is 0.427 e. The van der Waals surface area contributed by atoms with Crippen molar-refractivity contribution < 1.29 is 32.5 Å². The van der Waals surface area contributed by atoms with Gasteiger partial charge in [0.05, 0.1) is 18.3 Å². The third-order valence-corrected chi connectivity index (χ3v) is 5.14. The van der Waals surface area contributed by atoms with Gasteiger partial charge >= 0.3 is 12.3 Å². The minimum atomic E-state index is -4.78. The molecule has 7 nitrogen and oxygen atoms in total. The molecule has 2 fully saturated rings. The summed E-state index contributed by atoms with van der Waals surface area (Å²) in [6, 6.07) is 2.31. The number of carbonyl (C=O) groups excluding carboxylic acids is 1. The Bertz CT molecular complexity index is 623. The second-order valence-electron chi connectivity index (χ2n) is 6.92. The minimum absolute atomic E-state index is 0.159. The van der Waals surface area contributed by atoms with Crippen LogP contribution in [-0.2, 0) is 9.47 Å². The van der Waals surface area contributed by atoms with E-state index in [2.05, 4.69) is 9.84 Å². The predicted molar refractivity (Wildman–Crippen MR) is 88.3 cm³/mol. The maximum absolute atomic E-state index is 12.6. The average molecular weight is 391 g/mol. The van der Waals surface area contributed by atoms with Gasteiger partial charge in [0.1, 0.15) is 0 Å². The summed E-state index contributed by atoms with van der Waals surface area (Å²) in [6.45, 7) is 0.767. The van der Waals surface area contributed by atoms with Crippen molar-refractivity contribution in [3.8, 4) is 0 Å². The monoisotopic (exact) mass is 391 g/mol. The van der Waals surface area contributed by atoms with Gasteiger partial charge in [-0.3, -0.25) is 4.68 Å². The highest BCUT2D eigenvalue weighted by molar-refractivity contribution is 5.68. The van der Waals surface area contributed by atoms with Crippen molar-refractivity contribution in [3.05, 3.63) is 18.0 Å². The molecular formula is C17H24F3N3O4. The molecule has 27 heavy (non-hydrogen) atoms. The summed E-state index contributed by atoms with van der Waals surface area (Å²) in [7, 11) is 0. The average Bonchev–Trinajstić information content (AvgIpc) is 3.16. The van der Waals surface area contributed by atoms with E-state index >= 15 is 0 Å². The normalized spacial score (nSPS) is 21.3. The number of amides is 1. The van der Waals surface area contributed by atoms with Gasteiger partial charge in [0, 0.05) is 38.4 Å². The first-order chi connectivity index (χ1) is 12.9. The Morgan fingerprint density at radius 2 is 1.96 bits per heavy atom. The molecule has 1 N–H and O–H groups in total. The lowest BCUT2D eigenvalue weighted by atomic mass is 9.94.